The number of cyclic esters (lactones) is 2. The van der Waals surface area contributed by atoms with Crippen molar-refractivity contribution in [1.29, 1.82) is 0 Å². The zero-order valence-electron chi connectivity index (χ0n) is 54.3. The Bertz CT molecular complexity index is 3180. The molecule has 1 aromatic carbocycles. The summed E-state index contributed by atoms with van der Waals surface area (Å²) in [5.41, 5.74) is 5.01. The van der Waals surface area contributed by atoms with E-state index >= 15 is 9.59 Å². The number of esters is 2. The molecule has 5 heterocycles. The number of nitrogens with zero attached hydrogens (tertiary/aromatic N) is 7. The lowest BCUT2D eigenvalue weighted by molar-refractivity contribution is -0.163. The average Bonchev–Trinajstić information content (AvgIpc) is 0.897. The summed E-state index contributed by atoms with van der Waals surface area (Å²) in [5.74, 6) is -13.9. The van der Waals surface area contributed by atoms with Gasteiger partial charge in [0.15, 0.2) is 11.9 Å². The van der Waals surface area contributed by atoms with Gasteiger partial charge in [-0.3, -0.25) is 52.7 Å². The summed E-state index contributed by atoms with van der Waals surface area (Å²) in [5, 5.41) is 10.7. The SMILES string of the molecule is Cc1ccc(C(=O)N[C@@H]2C(=O)N[C@H](C(C)C)C(=O)N3CCC[C@H]3C(=O)N(C)CC(=O)N(C)[C@@H](C(C)C)C(=O)O[C@@H]2C)c2c1OC1C(=N2)C(C(=O)N[C@@H]2C(=O)N[C@H](C(C)C)C(=O)N3CCC[C@H]3C(=O)N(C)CC(=O)N(C)[C@@H](C(C)C)C(=O)O[C@@H]2C)=C(N)C(=O)C1C. The second-order valence-corrected chi connectivity index (χ2v) is 25.9. The van der Waals surface area contributed by atoms with E-state index in [-0.39, 0.29) is 48.6 Å². The van der Waals surface area contributed by atoms with Gasteiger partial charge < -0.3 is 70.6 Å². The van der Waals surface area contributed by atoms with Gasteiger partial charge in [0, 0.05) is 41.3 Å². The molecule has 28 nitrogen and oxygen atoms in total. The third-order valence-electron chi connectivity index (χ3n) is 17.9. The van der Waals surface area contributed by atoms with E-state index in [1.807, 2.05) is 0 Å². The van der Waals surface area contributed by atoms with Crippen LogP contribution in [-0.2, 0) is 67.0 Å². The fourth-order valence-corrected chi connectivity index (χ4v) is 12.6. The second-order valence-electron chi connectivity index (χ2n) is 25.9. The third kappa shape index (κ3) is 13.8. The summed E-state index contributed by atoms with van der Waals surface area (Å²) in [6.45, 7) is 18.6. The number of ketones is 1. The van der Waals surface area contributed by atoms with Crippen LogP contribution in [0.4, 0.5) is 5.69 Å². The summed E-state index contributed by atoms with van der Waals surface area (Å²) in [6, 6.07) is -7.81. The van der Waals surface area contributed by atoms with Gasteiger partial charge in [-0.15, -0.1) is 0 Å². The molecule has 0 bridgehead atoms. The van der Waals surface area contributed by atoms with Gasteiger partial charge in [0.05, 0.1) is 41.6 Å². The van der Waals surface area contributed by atoms with E-state index in [1.54, 1.807) is 62.3 Å². The molecular formula is C62H88N12O16. The van der Waals surface area contributed by atoms with E-state index in [4.69, 9.17) is 24.9 Å². The highest BCUT2D eigenvalue weighted by Crippen LogP contribution is 2.43. The zero-order valence-corrected chi connectivity index (χ0v) is 54.3. The number of ether oxygens (including phenoxy) is 3. The minimum absolute atomic E-state index is 0.0184. The molecule has 1 aromatic rings. The Labute approximate surface area is 524 Å². The lowest BCUT2D eigenvalue weighted by Gasteiger charge is -2.37. The van der Waals surface area contributed by atoms with Crippen LogP contribution in [0.5, 0.6) is 5.75 Å². The number of carbonyl (C=O) groups is 13. The van der Waals surface area contributed by atoms with Crippen LogP contribution in [0.25, 0.3) is 0 Å². The highest BCUT2D eigenvalue weighted by atomic mass is 16.6. The Balaban J connectivity index is 1.28. The Morgan fingerprint density at radius 2 is 1.02 bits per heavy atom. The molecule has 492 valence electrons. The van der Waals surface area contributed by atoms with Gasteiger partial charge in [-0.05, 0) is 81.8 Å². The number of likely N-dealkylation sites (N-methyl/N-ethyl adjacent to an activating group) is 4. The second kappa shape index (κ2) is 27.7. The summed E-state index contributed by atoms with van der Waals surface area (Å²) in [6.07, 6.45) is -2.98. The Morgan fingerprint density at radius 1 is 0.600 bits per heavy atom. The zero-order chi connectivity index (χ0) is 67.0. The molecule has 6 N–H and O–H groups in total. The maximum Gasteiger partial charge on any atom is 0.329 e. The summed E-state index contributed by atoms with van der Waals surface area (Å²) in [7, 11) is 5.60. The number of amides is 10. The largest absolute Gasteiger partial charge is 0.481 e. The first-order chi connectivity index (χ1) is 42.1. The molecule has 4 saturated heterocycles. The number of hydrogen-bond acceptors (Lipinski definition) is 18. The van der Waals surface area contributed by atoms with Crippen LogP contribution < -0.4 is 31.7 Å². The van der Waals surface area contributed by atoms with E-state index in [2.05, 4.69) is 21.3 Å². The molecule has 28 heteroatoms. The van der Waals surface area contributed by atoms with Crippen LogP contribution in [0.2, 0.25) is 0 Å². The maximum absolute atomic E-state index is 15.2. The molecule has 7 rings (SSSR count). The van der Waals surface area contributed by atoms with Gasteiger partial charge in [-0.2, -0.15) is 0 Å². The molecule has 90 heavy (non-hydrogen) atoms. The van der Waals surface area contributed by atoms with E-state index in [1.165, 1.54) is 80.7 Å². The molecule has 5 aliphatic heterocycles. The molecule has 6 aliphatic rings. The fraction of sp³-hybridized carbons (Fsp3) is 0.645. The van der Waals surface area contributed by atoms with Crippen molar-refractivity contribution < 1.29 is 76.5 Å². The van der Waals surface area contributed by atoms with E-state index in [0.717, 1.165) is 9.80 Å². The highest BCUT2D eigenvalue weighted by Gasteiger charge is 2.49. The number of Topliss-reactive ketones (excluding diaryl/α,β-unsaturated/α-hetero) is 1. The summed E-state index contributed by atoms with van der Waals surface area (Å²) < 4.78 is 18.4. The number of rotatable bonds is 8. The fourth-order valence-electron chi connectivity index (χ4n) is 12.6. The molecule has 4 fully saturated rings. The number of hydrogen-bond donors (Lipinski definition) is 5. The standard InChI is InChI=1S/C62H88N12O16/c1-27(2)42-59(84)73-23-17-19-36(73)57(82)69(13)25-38(75)71(15)48(29(5)6)61(86)88-33(11)44(55(80)65-42)67-53(78)35-22-21-31(9)51-46(35)64-47-40(41(63)50(77)32(10)52(47)90-51)54(79)68-45-34(12)89-62(87)49(30(7)8)72(16)39(76)26-70(14)58(83)37-20-18-24-74(37)60(85)43(28(3)4)66-56(45)81/h21-22,27-30,32-34,36-37,42-45,48-49,52H,17-20,23-26,63H2,1-16H3,(H,65,80)(H,66,81)(H,67,78)(H,68,79)/t32?,33-,34-,36+,37+,42-,43-,44+,45+,48+,49+,52?/m1/s1. The number of nitrogens with one attached hydrogen (secondary N) is 4. The minimum Gasteiger partial charge on any atom is -0.481 e. The topological polar surface area (TPSA) is 356 Å². The molecule has 0 aromatic heterocycles. The highest BCUT2D eigenvalue weighted by molar-refractivity contribution is 6.31. The molecule has 0 spiro atoms. The number of aryl methyl sites for hydroxylation is 1. The van der Waals surface area contributed by atoms with Crippen LogP contribution in [0.15, 0.2) is 28.4 Å². The summed E-state index contributed by atoms with van der Waals surface area (Å²) in [4.78, 5) is 199. The van der Waals surface area contributed by atoms with E-state index < -0.39 is 197 Å². The Morgan fingerprint density at radius 3 is 1.43 bits per heavy atom. The molecule has 0 radical (unpaired) electrons. The van der Waals surface area contributed by atoms with Gasteiger partial charge >= 0.3 is 11.9 Å². The van der Waals surface area contributed by atoms with Crippen molar-refractivity contribution in [1.82, 2.24) is 50.7 Å². The number of allylic oxidation sites excluding steroid dienone is 1. The van der Waals surface area contributed by atoms with Crippen LogP contribution in [0.1, 0.15) is 118 Å². The lowest BCUT2D eigenvalue weighted by atomic mass is 9.81. The smallest absolute Gasteiger partial charge is 0.329 e. The van der Waals surface area contributed by atoms with Crippen molar-refractivity contribution in [3.05, 3.63) is 34.5 Å². The molecule has 2 unspecified atom stereocenters. The van der Waals surface area contributed by atoms with E-state index in [0.29, 0.717) is 18.4 Å². The van der Waals surface area contributed by atoms with Crippen molar-refractivity contribution in [3.63, 3.8) is 0 Å². The van der Waals surface area contributed by atoms with Gasteiger partial charge in [-0.25, -0.2) is 14.6 Å². The maximum atomic E-state index is 15.2. The van der Waals surface area contributed by atoms with Gasteiger partial charge in [-0.1, -0.05) is 68.4 Å². The van der Waals surface area contributed by atoms with Crippen molar-refractivity contribution in [2.75, 3.05) is 54.4 Å². The van der Waals surface area contributed by atoms with Crippen molar-refractivity contribution >= 4 is 88.2 Å². The number of carbonyl (C=O) groups excluding carboxylic acids is 13. The van der Waals surface area contributed by atoms with Crippen LogP contribution in [0, 0.1) is 36.5 Å². The van der Waals surface area contributed by atoms with Crippen LogP contribution in [0.3, 0.4) is 0 Å². The Kier molecular flexibility index (Phi) is 21.3. The van der Waals surface area contributed by atoms with Gasteiger partial charge in [0.1, 0.15) is 72.0 Å². The quantitative estimate of drug-likeness (QED) is 0.212. The van der Waals surface area contributed by atoms with Crippen molar-refractivity contribution in [2.45, 2.75) is 175 Å². The first kappa shape index (κ1) is 69.0. The average molecular weight is 1260 g/mol. The van der Waals surface area contributed by atoms with Crippen LogP contribution in [-0.4, -0.2) is 233 Å². The predicted molar refractivity (Wildman–Crippen MR) is 323 cm³/mol. The van der Waals surface area contributed by atoms with Gasteiger partial charge in [0.2, 0.25) is 47.3 Å². The number of fused-ring (bicyclic) bond motifs is 4. The minimum atomic E-state index is -1.87. The number of aliphatic imine (C=N–C) groups is 1. The van der Waals surface area contributed by atoms with Crippen LogP contribution >= 0.6 is 0 Å². The molecule has 10 amide bonds. The van der Waals surface area contributed by atoms with Gasteiger partial charge in [0.25, 0.3) is 11.8 Å². The predicted octanol–water partition coefficient (Wildman–Crippen LogP) is -0.120. The van der Waals surface area contributed by atoms with Crippen molar-refractivity contribution in [3.8, 4) is 5.75 Å². The monoisotopic (exact) mass is 1260 g/mol. The molecular weight excluding hydrogens is 1170 g/mol. The Hall–Kier alpha value is -8.46. The third-order valence-corrected chi connectivity index (χ3v) is 17.9. The summed E-state index contributed by atoms with van der Waals surface area (Å²) >= 11 is 0. The number of nitrogens with two attached hydrogens (primary N) is 1. The lowest BCUT2D eigenvalue weighted by Crippen LogP contribution is -2.62. The molecule has 1 aliphatic carbocycles. The molecule has 0 saturated carbocycles. The normalized spacial score (nSPS) is 29.2. The van der Waals surface area contributed by atoms with Crippen molar-refractivity contribution in [2.24, 2.45) is 40.3 Å². The number of benzene rings is 1. The first-order valence-corrected chi connectivity index (χ1v) is 30.8. The van der Waals surface area contributed by atoms with E-state index in [9.17, 15) is 52.7 Å². The first-order valence-electron chi connectivity index (χ1n) is 30.8. The molecule has 12 atom stereocenters.